The quantitative estimate of drug-likeness (QED) is 0.518. The molecule has 0 N–H and O–H groups in total. The van der Waals surface area contributed by atoms with Crippen LogP contribution in [0, 0.1) is 11.3 Å². The maximum atomic E-state index is 11.5. The summed E-state index contributed by atoms with van der Waals surface area (Å²) in [6, 6.07) is 0. The van der Waals surface area contributed by atoms with E-state index in [1.54, 1.807) is 0 Å². The summed E-state index contributed by atoms with van der Waals surface area (Å²) < 4.78 is 0. The molecule has 1 nitrogen and oxygen atoms in total. The lowest BCUT2D eigenvalue weighted by Crippen LogP contribution is -2.25. The minimum Gasteiger partial charge on any atom is -0.294 e. The van der Waals surface area contributed by atoms with Crippen LogP contribution in [0.2, 0.25) is 0 Å². The molecule has 0 aromatic heterocycles. The largest absolute Gasteiger partial charge is 0.294 e. The van der Waals surface area contributed by atoms with E-state index in [-0.39, 0.29) is 5.41 Å². The zero-order valence-corrected chi connectivity index (χ0v) is 7.18. The van der Waals surface area contributed by atoms with Crippen molar-refractivity contribution in [3.05, 3.63) is 11.6 Å². The molecule has 0 bridgehead atoms. The highest BCUT2D eigenvalue weighted by Gasteiger charge is 2.48. The average Bonchev–Trinajstić information content (AvgIpc) is 2.39. The molecule has 0 amide bonds. The minimum atomic E-state index is 0.00405. The van der Waals surface area contributed by atoms with E-state index in [1.165, 1.54) is 18.4 Å². The first-order chi connectivity index (χ1) is 5.14. The first-order valence-electron chi connectivity index (χ1n) is 4.37. The van der Waals surface area contributed by atoms with Crippen molar-refractivity contribution in [2.45, 2.75) is 33.1 Å². The van der Waals surface area contributed by atoms with Gasteiger partial charge < -0.3 is 0 Å². The lowest BCUT2D eigenvalue weighted by atomic mass is 9.79. The Hall–Kier alpha value is -0.590. The van der Waals surface area contributed by atoms with Gasteiger partial charge in [-0.3, -0.25) is 4.79 Å². The van der Waals surface area contributed by atoms with Crippen molar-refractivity contribution in [3.8, 4) is 0 Å². The van der Waals surface area contributed by atoms with Crippen molar-refractivity contribution in [2.75, 3.05) is 0 Å². The number of hydrogen-bond donors (Lipinski definition) is 0. The molecule has 0 heterocycles. The molecule has 2 atom stereocenters. The monoisotopic (exact) mass is 150 g/mol. The number of carbonyl (C=O) groups is 1. The van der Waals surface area contributed by atoms with Crippen molar-refractivity contribution >= 4 is 5.78 Å². The highest BCUT2D eigenvalue weighted by atomic mass is 16.1. The van der Waals surface area contributed by atoms with Crippen LogP contribution in [-0.2, 0) is 4.79 Å². The Morgan fingerprint density at radius 1 is 1.64 bits per heavy atom. The Labute approximate surface area is 67.5 Å². The SMILES string of the molecule is CC1=CC(=O)[C@@]2(C)CCC[C@@H]12. The molecular formula is C10H14O. The van der Waals surface area contributed by atoms with Crippen LogP contribution >= 0.6 is 0 Å². The van der Waals surface area contributed by atoms with E-state index in [0.717, 1.165) is 6.42 Å². The Morgan fingerprint density at radius 2 is 2.36 bits per heavy atom. The molecule has 0 aromatic rings. The van der Waals surface area contributed by atoms with Crippen LogP contribution in [-0.4, -0.2) is 5.78 Å². The third-order valence-corrected chi connectivity index (χ3v) is 3.43. The van der Waals surface area contributed by atoms with Crippen LogP contribution in [0.3, 0.4) is 0 Å². The number of rotatable bonds is 0. The van der Waals surface area contributed by atoms with Crippen LogP contribution in [0.15, 0.2) is 11.6 Å². The van der Waals surface area contributed by atoms with Crippen molar-refractivity contribution in [1.82, 2.24) is 0 Å². The number of allylic oxidation sites excluding steroid dienone is 2. The van der Waals surface area contributed by atoms with Crippen LogP contribution in [0.1, 0.15) is 33.1 Å². The fourth-order valence-electron chi connectivity index (χ4n) is 2.66. The van der Waals surface area contributed by atoms with E-state index >= 15 is 0 Å². The van der Waals surface area contributed by atoms with Crippen LogP contribution in [0.4, 0.5) is 0 Å². The van der Waals surface area contributed by atoms with E-state index in [4.69, 9.17) is 0 Å². The second-order valence-corrected chi connectivity index (χ2v) is 4.11. The summed E-state index contributed by atoms with van der Waals surface area (Å²) in [5, 5.41) is 0. The van der Waals surface area contributed by atoms with E-state index in [2.05, 4.69) is 13.8 Å². The first-order valence-corrected chi connectivity index (χ1v) is 4.37. The van der Waals surface area contributed by atoms with Gasteiger partial charge in [0.05, 0.1) is 0 Å². The summed E-state index contributed by atoms with van der Waals surface area (Å²) >= 11 is 0. The van der Waals surface area contributed by atoms with E-state index in [9.17, 15) is 4.79 Å². The molecule has 0 aromatic carbocycles. The predicted octanol–water partition coefficient (Wildman–Crippen LogP) is 2.32. The van der Waals surface area contributed by atoms with Crippen molar-refractivity contribution in [2.24, 2.45) is 11.3 Å². The zero-order chi connectivity index (χ0) is 8.06. The van der Waals surface area contributed by atoms with Crippen LogP contribution < -0.4 is 0 Å². The minimum absolute atomic E-state index is 0.00405. The van der Waals surface area contributed by atoms with Gasteiger partial charge >= 0.3 is 0 Å². The van der Waals surface area contributed by atoms with Crippen LogP contribution in [0.5, 0.6) is 0 Å². The van der Waals surface area contributed by atoms with Gasteiger partial charge in [-0.25, -0.2) is 0 Å². The molecule has 1 heteroatoms. The van der Waals surface area contributed by atoms with E-state index in [0.29, 0.717) is 11.7 Å². The van der Waals surface area contributed by atoms with Gasteiger partial charge in [-0.1, -0.05) is 18.9 Å². The summed E-state index contributed by atoms with van der Waals surface area (Å²) in [4.78, 5) is 11.5. The maximum absolute atomic E-state index is 11.5. The summed E-state index contributed by atoms with van der Waals surface area (Å²) in [6.07, 6.45) is 5.41. The third-order valence-electron chi connectivity index (χ3n) is 3.43. The highest BCUT2D eigenvalue weighted by molar-refractivity contribution is 5.98. The van der Waals surface area contributed by atoms with Gasteiger partial charge in [-0.05, 0) is 31.8 Å². The fourth-order valence-corrected chi connectivity index (χ4v) is 2.66. The molecule has 0 aliphatic heterocycles. The van der Waals surface area contributed by atoms with Gasteiger partial charge in [-0.2, -0.15) is 0 Å². The fraction of sp³-hybridized carbons (Fsp3) is 0.700. The van der Waals surface area contributed by atoms with Gasteiger partial charge in [0.2, 0.25) is 0 Å². The highest BCUT2D eigenvalue weighted by Crippen LogP contribution is 2.51. The second-order valence-electron chi connectivity index (χ2n) is 4.11. The predicted molar refractivity (Wildman–Crippen MR) is 44.2 cm³/mol. The lowest BCUT2D eigenvalue weighted by molar-refractivity contribution is -0.122. The Kier molecular flexibility index (Phi) is 1.26. The van der Waals surface area contributed by atoms with Gasteiger partial charge in [0, 0.05) is 5.41 Å². The Bertz CT molecular complexity index is 239. The van der Waals surface area contributed by atoms with Gasteiger partial charge in [0.1, 0.15) is 0 Å². The molecule has 2 aliphatic carbocycles. The molecule has 0 unspecified atom stereocenters. The lowest BCUT2D eigenvalue weighted by Gasteiger charge is -2.22. The number of ketones is 1. The summed E-state index contributed by atoms with van der Waals surface area (Å²) in [6.45, 7) is 4.22. The summed E-state index contributed by atoms with van der Waals surface area (Å²) in [5.74, 6) is 0.951. The van der Waals surface area contributed by atoms with Gasteiger partial charge in [-0.15, -0.1) is 0 Å². The average molecular weight is 150 g/mol. The molecule has 11 heavy (non-hydrogen) atoms. The Balaban J connectivity index is 2.40. The topological polar surface area (TPSA) is 17.1 Å². The number of hydrogen-bond acceptors (Lipinski definition) is 1. The van der Waals surface area contributed by atoms with Crippen molar-refractivity contribution in [1.29, 1.82) is 0 Å². The standard InChI is InChI=1S/C10H14O/c1-7-6-9(11)10(2)5-3-4-8(7)10/h6,8H,3-5H2,1-2H3/t8-,10-/m0/s1. The third kappa shape index (κ3) is 0.741. The molecule has 2 rings (SSSR count). The number of carbonyl (C=O) groups excluding carboxylic acids is 1. The maximum Gasteiger partial charge on any atom is 0.162 e. The normalized spacial score (nSPS) is 42.5. The Morgan fingerprint density at radius 3 is 3.00 bits per heavy atom. The van der Waals surface area contributed by atoms with E-state index < -0.39 is 0 Å². The number of fused-ring (bicyclic) bond motifs is 1. The molecule has 0 radical (unpaired) electrons. The van der Waals surface area contributed by atoms with Gasteiger partial charge in [0.25, 0.3) is 0 Å². The molecule has 60 valence electrons. The molecular weight excluding hydrogens is 136 g/mol. The molecule has 1 saturated carbocycles. The molecule has 2 aliphatic rings. The van der Waals surface area contributed by atoms with Crippen LogP contribution in [0.25, 0.3) is 0 Å². The summed E-state index contributed by atoms with van der Waals surface area (Å²) in [5.41, 5.74) is 1.32. The zero-order valence-electron chi connectivity index (χ0n) is 7.18. The van der Waals surface area contributed by atoms with Crippen molar-refractivity contribution < 1.29 is 4.79 Å². The molecule has 1 fully saturated rings. The van der Waals surface area contributed by atoms with Gasteiger partial charge in [0.15, 0.2) is 5.78 Å². The van der Waals surface area contributed by atoms with Crippen molar-refractivity contribution in [3.63, 3.8) is 0 Å². The van der Waals surface area contributed by atoms with E-state index in [1.807, 2.05) is 6.08 Å². The smallest absolute Gasteiger partial charge is 0.162 e. The molecule has 0 saturated heterocycles. The second kappa shape index (κ2) is 1.96. The molecule has 0 spiro atoms. The summed E-state index contributed by atoms with van der Waals surface area (Å²) in [7, 11) is 0. The first kappa shape index (κ1) is 7.08.